The molecule has 0 unspecified atom stereocenters. The van der Waals surface area contributed by atoms with E-state index >= 15 is 0 Å². The van der Waals surface area contributed by atoms with Crippen molar-refractivity contribution in [1.29, 1.82) is 0 Å². The van der Waals surface area contributed by atoms with Crippen LogP contribution < -0.4 is 11.3 Å². The molecule has 0 aliphatic heterocycles. The van der Waals surface area contributed by atoms with Crippen LogP contribution in [0.1, 0.15) is 5.56 Å². The largest absolute Gasteiger partial charge is 0.293 e. The Kier molecular flexibility index (Phi) is 3.88. The van der Waals surface area contributed by atoms with Crippen molar-refractivity contribution in [3.05, 3.63) is 22.4 Å². The minimum absolute atomic E-state index is 0.169. The number of nitrogens with zero attached hydrogens (tertiary/aromatic N) is 1. The Bertz CT molecular complexity index is 260. The third kappa shape index (κ3) is 3.54. The number of nitrogens with two attached hydrogens (primary N) is 1. The summed E-state index contributed by atoms with van der Waals surface area (Å²) < 4.78 is 0. The molecular formula is C8H13N3OS. The van der Waals surface area contributed by atoms with E-state index in [0.29, 0.717) is 6.54 Å². The lowest BCUT2D eigenvalue weighted by atomic mass is 10.3. The van der Waals surface area contributed by atoms with Crippen molar-refractivity contribution in [1.82, 2.24) is 10.3 Å². The van der Waals surface area contributed by atoms with Gasteiger partial charge in [0.05, 0.1) is 6.54 Å². The van der Waals surface area contributed by atoms with E-state index in [1.54, 1.807) is 11.3 Å². The molecule has 0 bridgehead atoms. The molecule has 1 aromatic rings. The summed E-state index contributed by atoms with van der Waals surface area (Å²) in [5.41, 5.74) is 3.32. The molecule has 1 rings (SSSR count). The first-order valence-electron chi connectivity index (χ1n) is 3.91. The van der Waals surface area contributed by atoms with E-state index in [0.717, 1.165) is 6.54 Å². The molecule has 72 valence electrons. The maximum absolute atomic E-state index is 10.9. The first-order valence-corrected chi connectivity index (χ1v) is 4.85. The Balaban J connectivity index is 2.33. The summed E-state index contributed by atoms with van der Waals surface area (Å²) in [6.45, 7) is 1.10. The standard InChI is InChI=1S/C8H13N3OS/c1-11(5-8(12)10-9)4-7-2-3-13-6-7/h2-3,6H,4-5,9H2,1H3,(H,10,12). The maximum Gasteiger partial charge on any atom is 0.248 e. The smallest absolute Gasteiger partial charge is 0.248 e. The molecule has 0 saturated carbocycles. The molecule has 4 nitrogen and oxygen atoms in total. The van der Waals surface area contributed by atoms with Gasteiger partial charge in [-0.1, -0.05) is 0 Å². The van der Waals surface area contributed by atoms with Crippen molar-refractivity contribution in [3.63, 3.8) is 0 Å². The minimum Gasteiger partial charge on any atom is -0.293 e. The highest BCUT2D eigenvalue weighted by Crippen LogP contribution is 2.07. The van der Waals surface area contributed by atoms with Crippen molar-refractivity contribution < 1.29 is 4.79 Å². The zero-order chi connectivity index (χ0) is 9.68. The summed E-state index contributed by atoms with van der Waals surface area (Å²) in [5.74, 6) is 4.80. The molecule has 0 aliphatic rings. The predicted molar refractivity (Wildman–Crippen MR) is 53.0 cm³/mol. The molecule has 0 fully saturated rings. The second-order valence-corrected chi connectivity index (χ2v) is 3.65. The molecule has 1 heterocycles. The molecule has 0 radical (unpaired) electrons. The number of hydrogen-bond acceptors (Lipinski definition) is 4. The van der Waals surface area contributed by atoms with E-state index in [9.17, 15) is 4.79 Å². The van der Waals surface area contributed by atoms with Crippen molar-refractivity contribution >= 4 is 17.2 Å². The number of hydrogen-bond donors (Lipinski definition) is 2. The molecule has 0 atom stereocenters. The fourth-order valence-corrected chi connectivity index (χ4v) is 1.70. The van der Waals surface area contributed by atoms with Crippen LogP contribution in [0.5, 0.6) is 0 Å². The van der Waals surface area contributed by atoms with E-state index in [4.69, 9.17) is 5.84 Å². The van der Waals surface area contributed by atoms with Crippen LogP contribution >= 0.6 is 11.3 Å². The summed E-state index contributed by atoms with van der Waals surface area (Å²) in [6.07, 6.45) is 0. The predicted octanol–water partition coefficient (Wildman–Crippen LogP) is 0.170. The summed E-state index contributed by atoms with van der Waals surface area (Å²) in [7, 11) is 1.88. The van der Waals surface area contributed by atoms with Crippen molar-refractivity contribution in [2.75, 3.05) is 13.6 Å². The van der Waals surface area contributed by atoms with Gasteiger partial charge in [-0.25, -0.2) is 5.84 Å². The monoisotopic (exact) mass is 199 g/mol. The van der Waals surface area contributed by atoms with Crippen LogP contribution in [0.4, 0.5) is 0 Å². The van der Waals surface area contributed by atoms with Gasteiger partial charge in [-0.05, 0) is 29.4 Å². The van der Waals surface area contributed by atoms with Crippen molar-refractivity contribution in [2.45, 2.75) is 6.54 Å². The van der Waals surface area contributed by atoms with Gasteiger partial charge in [0.15, 0.2) is 0 Å². The van der Waals surface area contributed by atoms with Crippen LogP contribution in [0, 0.1) is 0 Å². The third-order valence-corrected chi connectivity index (χ3v) is 2.34. The highest BCUT2D eigenvalue weighted by atomic mass is 32.1. The molecule has 1 amide bonds. The first-order chi connectivity index (χ1) is 6.22. The average molecular weight is 199 g/mol. The normalized spacial score (nSPS) is 10.4. The summed E-state index contributed by atoms with van der Waals surface area (Å²) in [5, 5.41) is 4.09. The van der Waals surface area contributed by atoms with Gasteiger partial charge in [0, 0.05) is 6.54 Å². The average Bonchev–Trinajstić information content (AvgIpc) is 2.56. The first kappa shape index (κ1) is 10.2. The van der Waals surface area contributed by atoms with E-state index in [1.807, 2.05) is 23.4 Å². The topological polar surface area (TPSA) is 58.4 Å². The van der Waals surface area contributed by atoms with E-state index in [2.05, 4.69) is 10.8 Å². The van der Waals surface area contributed by atoms with Gasteiger partial charge in [-0.3, -0.25) is 15.1 Å². The molecule has 1 aromatic heterocycles. The molecule has 3 N–H and O–H groups in total. The van der Waals surface area contributed by atoms with E-state index < -0.39 is 0 Å². The quantitative estimate of drug-likeness (QED) is 0.413. The molecular weight excluding hydrogens is 186 g/mol. The zero-order valence-corrected chi connectivity index (χ0v) is 8.30. The van der Waals surface area contributed by atoms with Gasteiger partial charge in [-0.15, -0.1) is 0 Å². The van der Waals surface area contributed by atoms with Crippen molar-refractivity contribution in [2.24, 2.45) is 5.84 Å². The lowest BCUT2D eigenvalue weighted by molar-refractivity contribution is -0.122. The summed E-state index contributed by atoms with van der Waals surface area (Å²) >= 11 is 1.65. The molecule has 0 spiro atoms. The van der Waals surface area contributed by atoms with Gasteiger partial charge in [0.2, 0.25) is 5.91 Å². The second kappa shape index (κ2) is 4.96. The zero-order valence-electron chi connectivity index (χ0n) is 7.49. The fraction of sp³-hybridized carbons (Fsp3) is 0.375. The van der Waals surface area contributed by atoms with Gasteiger partial charge in [0.25, 0.3) is 0 Å². The number of thiophene rings is 1. The minimum atomic E-state index is -0.169. The van der Waals surface area contributed by atoms with Crippen LogP contribution in [0.25, 0.3) is 0 Å². The number of carbonyl (C=O) groups excluding carboxylic acids is 1. The van der Waals surface area contributed by atoms with E-state index in [1.165, 1.54) is 5.56 Å². The lowest BCUT2D eigenvalue weighted by Gasteiger charge is -2.13. The van der Waals surface area contributed by atoms with Crippen LogP contribution in [0.15, 0.2) is 16.8 Å². The molecule has 0 aliphatic carbocycles. The Labute approximate surface area is 81.3 Å². The number of rotatable bonds is 4. The van der Waals surface area contributed by atoms with Gasteiger partial charge in [-0.2, -0.15) is 11.3 Å². The highest BCUT2D eigenvalue weighted by Gasteiger charge is 2.05. The number of hydrazine groups is 1. The van der Waals surface area contributed by atoms with Crippen LogP contribution in [-0.2, 0) is 11.3 Å². The second-order valence-electron chi connectivity index (χ2n) is 2.87. The van der Waals surface area contributed by atoms with Crippen LogP contribution in [-0.4, -0.2) is 24.4 Å². The third-order valence-electron chi connectivity index (χ3n) is 1.61. The molecule has 0 aromatic carbocycles. The maximum atomic E-state index is 10.9. The number of amides is 1. The summed E-state index contributed by atoms with van der Waals surface area (Å²) in [6, 6.07) is 2.04. The number of likely N-dealkylation sites (N-methyl/N-ethyl adjacent to an activating group) is 1. The van der Waals surface area contributed by atoms with E-state index in [-0.39, 0.29) is 5.91 Å². The Morgan fingerprint density at radius 2 is 2.54 bits per heavy atom. The van der Waals surface area contributed by atoms with Crippen LogP contribution in [0.2, 0.25) is 0 Å². The Morgan fingerprint density at radius 3 is 3.08 bits per heavy atom. The molecule has 5 heteroatoms. The lowest BCUT2D eigenvalue weighted by Crippen LogP contribution is -2.38. The van der Waals surface area contributed by atoms with Gasteiger partial charge >= 0.3 is 0 Å². The van der Waals surface area contributed by atoms with Crippen molar-refractivity contribution in [3.8, 4) is 0 Å². The SMILES string of the molecule is CN(CC(=O)NN)Cc1ccsc1. The van der Waals surface area contributed by atoms with Crippen LogP contribution in [0.3, 0.4) is 0 Å². The molecule has 0 saturated heterocycles. The highest BCUT2D eigenvalue weighted by molar-refractivity contribution is 7.07. The Hall–Kier alpha value is -0.910. The summed E-state index contributed by atoms with van der Waals surface area (Å²) in [4.78, 5) is 12.8. The Morgan fingerprint density at radius 1 is 1.77 bits per heavy atom. The number of carbonyl (C=O) groups is 1. The van der Waals surface area contributed by atoms with Gasteiger partial charge < -0.3 is 0 Å². The van der Waals surface area contributed by atoms with Gasteiger partial charge in [0.1, 0.15) is 0 Å². The number of nitrogens with one attached hydrogen (secondary N) is 1. The molecule has 13 heavy (non-hydrogen) atoms. The fourth-order valence-electron chi connectivity index (χ4n) is 1.04.